The van der Waals surface area contributed by atoms with Gasteiger partial charge < -0.3 is 20.8 Å². The molecule has 0 aliphatic rings. The van der Waals surface area contributed by atoms with Crippen molar-refractivity contribution in [1.82, 2.24) is 0 Å². The highest BCUT2D eigenvalue weighted by Crippen LogP contribution is 2.21. The van der Waals surface area contributed by atoms with Crippen molar-refractivity contribution in [3.63, 3.8) is 0 Å². The van der Waals surface area contributed by atoms with Crippen LogP contribution < -0.4 is 10.6 Å². The minimum absolute atomic E-state index is 0.280. The van der Waals surface area contributed by atoms with Gasteiger partial charge in [-0.1, -0.05) is 6.07 Å². The molecule has 1 rings (SSSR count). The van der Waals surface area contributed by atoms with E-state index in [1.807, 2.05) is 25.1 Å². The molecule has 7 heteroatoms. The minimum Gasteiger partial charge on any atom is -0.479 e. The zero-order valence-corrected chi connectivity index (χ0v) is 14.0. The summed E-state index contributed by atoms with van der Waals surface area (Å²) in [5.41, 5.74) is 8.63. The number of alkyl halides is 2. The number of carbonyl (C=O) groups is 1. The molecular weight excluding hydrogens is 327 g/mol. The first-order valence-electron chi connectivity index (χ1n) is 7.03. The van der Waals surface area contributed by atoms with E-state index in [2.05, 4.69) is 4.90 Å². The van der Waals surface area contributed by atoms with Crippen LogP contribution in [0, 0.1) is 6.92 Å². The Labute approximate surface area is 140 Å². The van der Waals surface area contributed by atoms with E-state index in [1.165, 1.54) is 0 Å². The molecule has 0 bridgehead atoms. The molecule has 0 saturated heterocycles. The van der Waals surface area contributed by atoms with Gasteiger partial charge >= 0.3 is 5.97 Å². The highest BCUT2D eigenvalue weighted by Gasteiger charge is 2.23. The summed E-state index contributed by atoms with van der Waals surface area (Å²) in [5.74, 6) is -0.346. The molecule has 4 N–H and O–H groups in total. The zero-order chi connectivity index (χ0) is 16.7. The average Bonchev–Trinajstić information content (AvgIpc) is 2.48. The summed E-state index contributed by atoms with van der Waals surface area (Å²) >= 11 is 11.6. The fourth-order valence-corrected chi connectivity index (χ4v) is 2.61. The second-order valence-corrected chi connectivity index (χ2v) is 5.88. The monoisotopic (exact) mass is 348 g/mol. The highest BCUT2D eigenvalue weighted by atomic mass is 35.5. The molecule has 0 radical (unpaired) electrons. The van der Waals surface area contributed by atoms with Crippen LogP contribution in [0.25, 0.3) is 0 Å². The number of rotatable bonds is 9. The molecule has 1 aromatic carbocycles. The van der Waals surface area contributed by atoms with Gasteiger partial charge in [-0.05, 0) is 36.6 Å². The number of carboxylic acids is 1. The molecular formula is C15H22Cl2N2O3. The summed E-state index contributed by atoms with van der Waals surface area (Å²) in [4.78, 5) is 12.9. The Morgan fingerprint density at radius 2 is 1.91 bits per heavy atom. The van der Waals surface area contributed by atoms with Gasteiger partial charge in [-0.25, -0.2) is 4.79 Å². The maximum atomic E-state index is 10.8. The molecule has 0 amide bonds. The number of benzene rings is 1. The Morgan fingerprint density at radius 3 is 2.41 bits per heavy atom. The summed E-state index contributed by atoms with van der Waals surface area (Å²) < 4.78 is 0. The Hall–Kier alpha value is -1.01. The topological polar surface area (TPSA) is 86.8 Å². The third-order valence-corrected chi connectivity index (χ3v) is 3.86. The molecule has 0 saturated carbocycles. The molecule has 1 aromatic rings. The molecule has 0 heterocycles. The van der Waals surface area contributed by atoms with Crippen molar-refractivity contribution in [1.29, 1.82) is 0 Å². The number of nitrogens with two attached hydrogens (primary N) is 1. The number of aryl methyl sites for hydroxylation is 1. The maximum absolute atomic E-state index is 10.8. The lowest BCUT2D eigenvalue weighted by molar-refractivity contribution is -0.147. The van der Waals surface area contributed by atoms with Crippen LogP contribution in [0.2, 0.25) is 0 Å². The van der Waals surface area contributed by atoms with Gasteiger partial charge in [0.1, 0.15) is 0 Å². The van der Waals surface area contributed by atoms with Crippen LogP contribution in [0.5, 0.6) is 0 Å². The van der Waals surface area contributed by atoms with Gasteiger partial charge in [-0.15, -0.1) is 23.2 Å². The van der Waals surface area contributed by atoms with Crippen molar-refractivity contribution in [2.45, 2.75) is 25.5 Å². The van der Waals surface area contributed by atoms with Gasteiger partial charge in [0, 0.05) is 36.6 Å². The van der Waals surface area contributed by atoms with Crippen LogP contribution in [0.4, 0.5) is 5.69 Å². The Morgan fingerprint density at radius 1 is 1.32 bits per heavy atom. The summed E-state index contributed by atoms with van der Waals surface area (Å²) in [6.07, 6.45) is -1.30. The van der Waals surface area contributed by atoms with E-state index in [0.717, 1.165) is 16.8 Å². The molecule has 0 aromatic heterocycles. The number of halogens is 2. The van der Waals surface area contributed by atoms with Crippen LogP contribution in [0.15, 0.2) is 18.2 Å². The molecule has 0 spiro atoms. The number of carboxylic acid groups (broad SMARTS) is 1. The predicted octanol–water partition coefficient (Wildman–Crippen LogP) is 1.59. The Kier molecular flexibility index (Phi) is 7.96. The van der Waals surface area contributed by atoms with Gasteiger partial charge in [-0.2, -0.15) is 0 Å². The van der Waals surface area contributed by atoms with Crippen LogP contribution >= 0.6 is 23.2 Å². The molecule has 22 heavy (non-hydrogen) atoms. The van der Waals surface area contributed by atoms with E-state index in [1.54, 1.807) is 0 Å². The first-order valence-corrected chi connectivity index (χ1v) is 8.10. The number of anilines is 1. The molecule has 0 fully saturated rings. The van der Waals surface area contributed by atoms with Crippen molar-refractivity contribution < 1.29 is 15.0 Å². The van der Waals surface area contributed by atoms with Crippen LogP contribution in [0.1, 0.15) is 11.1 Å². The van der Waals surface area contributed by atoms with Crippen molar-refractivity contribution >= 4 is 34.9 Å². The molecule has 2 atom stereocenters. The summed E-state index contributed by atoms with van der Waals surface area (Å²) in [6, 6.07) is 5.00. The fraction of sp³-hybridized carbons (Fsp3) is 0.533. The third kappa shape index (κ3) is 5.32. The number of hydrogen-bond acceptors (Lipinski definition) is 4. The molecule has 5 nitrogen and oxygen atoms in total. The summed E-state index contributed by atoms with van der Waals surface area (Å²) in [6.45, 7) is 3.26. The Balaban J connectivity index is 2.95. The lowest BCUT2D eigenvalue weighted by Crippen LogP contribution is -2.42. The lowest BCUT2D eigenvalue weighted by Gasteiger charge is -2.25. The lowest BCUT2D eigenvalue weighted by atomic mass is 9.97. The third-order valence-electron chi connectivity index (χ3n) is 3.52. The van der Waals surface area contributed by atoms with Crippen molar-refractivity contribution in [3.05, 3.63) is 29.3 Å². The van der Waals surface area contributed by atoms with Crippen molar-refractivity contribution in [3.8, 4) is 0 Å². The second kappa shape index (κ2) is 9.20. The van der Waals surface area contributed by atoms with E-state index in [9.17, 15) is 9.90 Å². The first-order chi connectivity index (χ1) is 10.4. The second-order valence-electron chi connectivity index (χ2n) is 5.13. The number of aliphatic hydroxyl groups excluding tert-OH is 1. The largest absolute Gasteiger partial charge is 0.479 e. The number of aliphatic carboxylic acids is 1. The van der Waals surface area contributed by atoms with E-state index < -0.39 is 18.1 Å². The maximum Gasteiger partial charge on any atom is 0.334 e. The zero-order valence-electron chi connectivity index (χ0n) is 12.5. The fourth-order valence-electron chi connectivity index (χ4n) is 2.20. The predicted molar refractivity (Wildman–Crippen MR) is 90.2 cm³/mol. The van der Waals surface area contributed by atoms with Crippen LogP contribution in [-0.2, 0) is 11.2 Å². The smallest absolute Gasteiger partial charge is 0.334 e. The van der Waals surface area contributed by atoms with Gasteiger partial charge in [0.25, 0.3) is 0 Å². The van der Waals surface area contributed by atoms with E-state index >= 15 is 0 Å². The molecule has 0 aliphatic carbocycles. The normalized spacial score (nSPS) is 13.7. The first kappa shape index (κ1) is 19.0. The number of aliphatic hydroxyl groups is 1. The summed E-state index contributed by atoms with van der Waals surface area (Å²) in [5, 5.41) is 18.3. The van der Waals surface area contributed by atoms with E-state index in [-0.39, 0.29) is 6.42 Å². The van der Waals surface area contributed by atoms with Gasteiger partial charge in [0.15, 0.2) is 6.10 Å². The average molecular weight is 349 g/mol. The van der Waals surface area contributed by atoms with E-state index in [0.29, 0.717) is 24.8 Å². The van der Waals surface area contributed by atoms with Gasteiger partial charge in [0.2, 0.25) is 0 Å². The molecule has 1 unspecified atom stereocenters. The quantitative estimate of drug-likeness (QED) is 0.590. The van der Waals surface area contributed by atoms with Crippen molar-refractivity contribution in [2.75, 3.05) is 29.7 Å². The van der Waals surface area contributed by atoms with Crippen LogP contribution in [0.3, 0.4) is 0 Å². The molecule has 0 aliphatic heterocycles. The van der Waals surface area contributed by atoms with E-state index in [4.69, 9.17) is 34.0 Å². The van der Waals surface area contributed by atoms with Crippen LogP contribution in [-0.4, -0.2) is 53.2 Å². The van der Waals surface area contributed by atoms with Gasteiger partial charge in [-0.3, -0.25) is 0 Å². The minimum atomic E-state index is -1.58. The van der Waals surface area contributed by atoms with Gasteiger partial charge in [0.05, 0.1) is 0 Å². The highest BCUT2D eigenvalue weighted by molar-refractivity contribution is 6.18. The Bertz CT molecular complexity index is 494. The standard InChI is InChI=1S/C15H22Cl2N2O3/c1-10-2-3-12(19(6-4-16)7-5-17)8-11(10)9-13(18)14(20)15(21)22/h2-3,8,13-14,20H,4-7,9,18H2,1H3,(H,21,22)/t13-,14?/m0/s1. The molecule has 124 valence electrons. The number of nitrogens with zero attached hydrogens (tertiary/aromatic N) is 1. The number of hydrogen-bond donors (Lipinski definition) is 3. The van der Waals surface area contributed by atoms with Crippen molar-refractivity contribution in [2.24, 2.45) is 5.73 Å². The SMILES string of the molecule is Cc1ccc(N(CCCl)CCCl)cc1C[C@H](N)C(O)C(=O)O. The summed E-state index contributed by atoms with van der Waals surface area (Å²) in [7, 11) is 0.